The van der Waals surface area contributed by atoms with Gasteiger partial charge in [0.15, 0.2) is 0 Å². The Morgan fingerprint density at radius 1 is 1.26 bits per heavy atom. The Labute approximate surface area is 141 Å². The summed E-state index contributed by atoms with van der Waals surface area (Å²) < 4.78 is 7.27. The van der Waals surface area contributed by atoms with Gasteiger partial charge >= 0.3 is 0 Å². The third-order valence-corrected chi connectivity index (χ3v) is 6.20. The molecule has 0 aliphatic carbocycles. The van der Waals surface area contributed by atoms with E-state index in [4.69, 9.17) is 4.74 Å². The van der Waals surface area contributed by atoms with Crippen molar-refractivity contribution in [2.75, 3.05) is 38.1 Å². The summed E-state index contributed by atoms with van der Waals surface area (Å²) in [5, 5.41) is 5.69. The number of pyridine rings is 1. The first-order chi connectivity index (χ1) is 11.3. The lowest BCUT2D eigenvalue weighted by molar-refractivity contribution is -0.0432. The van der Waals surface area contributed by atoms with Crippen molar-refractivity contribution in [1.29, 1.82) is 0 Å². The van der Waals surface area contributed by atoms with E-state index < -0.39 is 0 Å². The summed E-state index contributed by atoms with van der Waals surface area (Å²) in [6.07, 6.45) is 8.06. The molecule has 1 N–H and O–H groups in total. The Morgan fingerprint density at radius 2 is 2.17 bits per heavy atom. The predicted octanol–water partition coefficient (Wildman–Crippen LogP) is 3.74. The van der Waals surface area contributed by atoms with Crippen LogP contribution in [0.5, 0.6) is 0 Å². The highest BCUT2D eigenvalue weighted by Crippen LogP contribution is 2.35. The molecule has 4 rings (SSSR count). The summed E-state index contributed by atoms with van der Waals surface area (Å²) in [6.45, 7) is 5.58. The Kier molecular flexibility index (Phi) is 4.51. The molecule has 23 heavy (non-hydrogen) atoms. The van der Waals surface area contributed by atoms with Gasteiger partial charge in [-0.25, -0.2) is 0 Å². The fourth-order valence-corrected chi connectivity index (χ4v) is 4.71. The molecule has 0 radical (unpaired) electrons. The zero-order valence-corrected chi connectivity index (χ0v) is 14.4. The lowest BCUT2D eigenvalue weighted by atomic mass is 9.88. The normalized spacial score (nSPS) is 21.2. The summed E-state index contributed by atoms with van der Waals surface area (Å²) in [6, 6.07) is 4.17. The van der Waals surface area contributed by atoms with Gasteiger partial charge in [0, 0.05) is 32.4 Å². The van der Waals surface area contributed by atoms with Crippen molar-refractivity contribution in [3.05, 3.63) is 23.7 Å². The van der Waals surface area contributed by atoms with Gasteiger partial charge in [0.05, 0.1) is 21.5 Å². The van der Waals surface area contributed by atoms with Crippen molar-refractivity contribution in [2.24, 2.45) is 0 Å². The number of nitrogens with zero attached hydrogens (tertiary/aromatic N) is 2. The SMILES string of the molecule is c1cc(NCCCN2CCC3(CCCO3)CC2)c2sccc2n1. The molecule has 1 spiro atoms. The fourth-order valence-electron chi connectivity index (χ4n) is 3.87. The van der Waals surface area contributed by atoms with Crippen LogP contribution in [-0.4, -0.2) is 48.3 Å². The number of rotatable bonds is 5. The molecular weight excluding hydrogens is 306 g/mol. The summed E-state index contributed by atoms with van der Waals surface area (Å²) in [7, 11) is 0. The van der Waals surface area contributed by atoms with E-state index in [1.165, 1.54) is 62.1 Å². The summed E-state index contributed by atoms with van der Waals surface area (Å²) >= 11 is 1.76. The van der Waals surface area contributed by atoms with Crippen molar-refractivity contribution in [3.8, 4) is 0 Å². The van der Waals surface area contributed by atoms with E-state index in [2.05, 4.69) is 32.7 Å². The molecule has 2 aliphatic heterocycles. The van der Waals surface area contributed by atoms with Gasteiger partial charge in [-0.15, -0.1) is 11.3 Å². The number of ether oxygens (including phenoxy) is 1. The molecule has 0 bridgehead atoms. The summed E-state index contributed by atoms with van der Waals surface area (Å²) in [4.78, 5) is 6.99. The number of hydrogen-bond acceptors (Lipinski definition) is 5. The van der Waals surface area contributed by atoms with Gasteiger partial charge in [-0.2, -0.15) is 0 Å². The van der Waals surface area contributed by atoms with Crippen LogP contribution in [0.25, 0.3) is 10.2 Å². The molecule has 124 valence electrons. The molecule has 5 heteroatoms. The van der Waals surface area contributed by atoms with E-state index in [1.54, 1.807) is 11.3 Å². The minimum atomic E-state index is 0.247. The van der Waals surface area contributed by atoms with E-state index in [0.29, 0.717) is 0 Å². The van der Waals surface area contributed by atoms with Gasteiger partial charge in [-0.05, 0) is 56.2 Å². The molecule has 0 saturated carbocycles. The van der Waals surface area contributed by atoms with Gasteiger partial charge < -0.3 is 15.0 Å². The second-order valence-corrected chi connectivity index (χ2v) is 7.67. The molecule has 0 amide bonds. The van der Waals surface area contributed by atoms with Crippen LogP contribution >= 0.6 is 11.3 Å². The van der Waals surface area contributed by atoms with Crippen LogP contribution in [0.1, 0.15) is 32.1 Å². The highest BCUT2D eigenvalue weighted by molar-refractivity contribution is 7.17. The average Bonchev–Trinajstić information content (AvgIpc) is 3.23. The van der Waals surface area contributed by atoms with Crippen LogP contribution in [0.2, 0.25) is 0 Å². The van der Waals surface area contributed by atoms with Crippen molar-refractivity contribution in [3.63, 3.8) is 0 Å². The number of piperidine rings is 1. The maximum absolute atomic E-state index is 6.00. The number of hydrogen-bond donors (Lipinski definition) is 1. The predicted molar refractivity (Wildman–Crippen MR) is 96.3 cm³/mol. The van der Waals surface area contributed by atoms with Crippen LogP contribution in [0.15, 0.2) is 23.7 Å². The Balaban J connectivity index is 1.21. The Morgan fingerprint density at radius 3 is 3.00 bits per heavy atom. The first kappa shape index (κ1) is 15.4. The van der Waals surface area contributed by atoms with Gasteiger partial charge in [-0.3, -0.25) is 4.98 Å². The van der Waals surface area contributed by atoms with Gasteiger partial charge in [-0.1, -0.05) is 0 Å². The molecule has 0 unspecified atom stereocenters. The molecule has 2 saturated heterocycles. The monoisotopic (exact) mass is 331 g/mol. The Bertz CT molecular complexity index is 641. The van der Waals surface area contributed by atoms with Crippen LogP contribution in [0.4, 0.5) is 5.69 Å². The van der Waals surface area contributed by atoms with E-state index in [1.807, 2.05) is 6.20 Å². The molecule has 0 atom stereocenters. The van der Waals surface area contributed by atoms with Gasteiger partial charge in [0.1, 0.15) is 0 Å². The van der Waals surface area contributed by atoms with Crippen LogP contribution < -0.4 is 5.32 Å². The maximum atomic E-state index is 6.00. The average molecular weight is 331 g/mol. The van der Waals surface area contributed by atoms with Gasteiger partial charge in [0.2, 0.25) is 0 Å². The summed E-state index contributed by atoms with van der Waals surface area (Å²) in [5.41, 5.74) is 2.57. The van der Waals surface area contributed by atoms with Crippen LogP contribution in [0.3, 0.4) is 0 Å². The van der Waals surface area contributed by atoms with E-state index in [0.717, 1.165) is 18.7 Å². The first-order valence-corrected chi connectivity index (χ1v) is 9.65. The van der Waals surface area contributed by atoms with Crippen molar-refractivity contribution < 1.29 is 4.74 Å². The molecular formula is C18H25N3OS. The molecule has 2 fully saturated rings. The fraction of sp³-hybridized carbons (Fsp3) is 0.611. The highest BCUT2D eigenvalue weighted by atomic mass is 32.1. The number of likely N-dealkylation sites (tertiary alicyclic amines) is 1. The number of thiophene rings is 1. The smallest absolute Gasteiger partial charge is 0.0830 e. The minimum absolute atomic E-state index is 0.247. The molecule has 2 aliphatic rings. The Hall–Kier alpha value is -1.17. The topological polar surface area (TPSA) is 37.4 Å². The number of fused-ring (bicyclic) bond motifs is 1. The van der Waals surface area contributed by atoms with Crippen molar-refractivity contribution in [1.82, 2.24) is 9.88 Å². The largest absolute Gasteiger partial charge is 0.384 e. The van der Waals surface area contributed by atoms with E-state index in [-0.39, 0.29) is 5.60 Å². The summed E-state index contributed by atoms with van der Waals surface area (Å²) in [5.74, 6) is 0. The lowest BCUT2D eigenvalue weighted by Crippen LogP contribution is -2.44. The van der Waals surface area contributed by atoms with Gasteiger partial charge in [0.25, 0.3) is 0 Å². The molecule has 4 heterocycles. The van der Waals surface area contributed by atoms with E-state index in [9.17, 15) is 0 Å². The lowest BCUT2D eigenvalue weighted by Gasteiger charge is -2.38. The third kappa shape index (κ3) is 3.37. The zero-order valence-electron chi connectivity index (χ0n) is 13.6. The van der Waals surface area contributed by atoms with Crippen molar-refractivity contribution in [2.45, 2.75) is 37.7 Å². The second-order valence-electron chi connectivity index (χ2n) is 6.75. The highest BCUT2D eigenvalue weighted by Gasteiger charge is 2.37. The number of anilines is 1. The number of aromatic nitrogens is 1. The zero-order chi connectivity index (χ0) is 15.5. The standard InChI is InChI=1S/C18H25N3OS/c1-5-18(22-13-1)6-11-21(12-7-18)10-2-8-19-15-3-9-20-16-4-14-23-17(15)16/h3-4,9,14H,1-2,5-8,10-13H2,(H,19,20). The molecule has 0 aromatic carbocycles. The van der Waals surface area contributed by atoms with Crippen LogP contribution in [-0.2, 0) is 4.74 Å². The quantitative estimate of drug-likeness (QED) is 0.847. The van der Waals surface area contributed by atoms with Crippen molar-refractivity contribution >= 4 is 27.2 Å². The molecule has 2 aromatic heterocycles. The molecule has 4 nitrogen and oxygen atoms in total. The second kappa shape index (κ2) is 6.75. The minimum Gasteiger partial charge on any atom is -0.384 e. The number of nitrogens with one attached hydrogen (secondary N) is 1. The third-order valence-electron chi connectivity index (χ3n) is 5.26. The maximum Gasteiger partial charge on any atom is 0.0830 e. The van der Waals surface area contributed by atoms with E-state index >= 15 is 0 Å². The van der Waals surface area contributed by atoms with Crippen LogP contribution in [0, 0.1) is 0 Å². The molecule has 2 aromatic rings. The first-order valence-electron chi connectivity index (χ1n) is 8.77.